The van der Waals surface area contributed by atoms with Crippen LogP contribution in [0.4, 0.5) is 0 Å². The Hall–Kier alpha value is -1.63. The summed E-state index contributed by atoms with van der Waals surface area (Å²) in [6.07, 6.45) is 4.30. The molecule has 1 aromatic heterocycles. The van der Waals surface area contributed by atoms with E-state index in [0.717, 1.165) is 50.0 Å². The minimum Gasteiger partial charge on any atom is -0.377 e. The van der Waals surface area contributed by atoms with Crippen molar-refractivity contribution in [3.05, 3.63) is 11.6 Å². The molecule has 0 aliphatic carbocycles. The van der Waals surface area contributed by atoms with Crippen LogP contribution in [0.15, 0.2) is 4.99 Å². The Bertz CT molecular complexity index is 470. The van der Waals surface area contributed by atoms with Crippen molar-refractivity contribution in [1.29, 1.82) is 0 Å². The number of rotatable bonds is 6. The molecule has 2 heterocycles. The molecule has 0 amide bonds. The standard InChI is InChI=1S/C14H26N6O/c1-4-5-8-16-14(15-2)17-11-6-7-13-18-12(10-21-3)19-20(13)9-11/h11H,4-10H2,1-3H3,(H2,15,16,17). The van der Waals surface area contributed by atoms with E-state index in [1.54, 1.807) is 7.11 Å². The zero-order chi connectivity index (χ0) is 15.1. The second-order valence-electron chi connectivity index (χ2n) is 5.29. The lowest BCUT2D eigenvalue weighted by Gasteiger charge is -2.25. The lowest BCUT2D eigenvalue weighted by atomic mass is 10.1. The maximum atomic E-state index is 5.09. The van der Waals surface area contributed by atoms with Crippen LogP contribution < -0.4 is 10.6 Å². The largest absolute Gasteiger partial charge is 0.377 e. The lowest BCUT2D eigenvalue weighted by molar-refractivity contribution is 0.177. The number of methoxy groups -OCH3 is 1. The van der Waals surface area contributed by atoms with Gasteiger partial charge in [-0.25, -0.2) is 9.67 Å². The Balaban J connectivity index is 1.88. The molecule has 0 aromatic carbocycles. The van der Waals surface area contributed by atoms with Crippen molar-refractivity contribution in [3.8, 4) is 0 Å². The van der Waals surface area contributed by atoms with Crippen LogP contribution in [0, 0.1) is 0 Å². The summed E-state index contributed by atoms with van der Waals surface area (Å²) in [4.78, 5) is 8.76. The average molecular weight is 294 g/mol. The van der Waals surface area contributed by atoms with Gasteiger partial charge in [0.25, 0.3) is 0 Å². The summed E-state index contributed by atoms with van der Waals surface area (Å²) in [7, 11) is 3.47. The zero-order valence-electron chi connectivity index (χ0n) is 13.2. The Labute approximate surface area is 126 Å². The third-order valence-electron chi connectivity index (χ3n) is 3.56. The zero-order valence-corrected chi connectivity index (χ0v) is 13.2. The van der Waals surface area contributed by atoms with Crippen molar-refractivity contribution in [2.45, 2.75) is 51.8 Å². The highest BCUT2D eigenvalue weighted by Gasteiger charge is 2.22. The van der Waals surface area contributed by atoms with Crippen molar-refractivity contribution in [2.75, 3.05) is 20.7 Å². The van der Waals surface area contributed by atoms with Crippen molar-refractivity contribution >= 4 is 5.96 Å². The van der Waals surface area contributed by atoms with Crippen molar-refractivity contribution in [2.24, 2.45) is 4.99 Å². The third-order valence-corrected chi connectivity index (χ3v) is 3.56. The van der Waals surface area contributed by atoms with E-state index in [-0.39, 0.29) is 0 Å². The normalized spacial score (nSPS) is 18.4. The van der Waals surface area contributed by atoms with Gasteiger partial charge < -0.3 is 15.4 Å². The fourth-order valence-electron chi connectivity index (χ4n) is 2.44. The number of ether oxygens (including phenoxy) is 1. The molecule has 1 aliphatic heterocycles. The van der Waals surface area contributed by atoms with Gasteiger partial charge in [0, 0.05) is 33.2 Å². The molecule has 0 saturated heterocycles. The number of unbranched alkanes of at least 4 members (excludes halogenated alkanes) is 1. The number of aromatic nitrogens is 3. The molecule has 2 N–H and O–H groups in total. The summed E-state index contributed by atoms with van der Waals surface area (Å²) >= 11 is 0. The summed E-state index contributed by atoms with van der Waals surface area (Å²) in [6.45, 7) is 4.43. The minimum absolute atomic E-state index is 0.336. The van der Waals surface area contributed by atoms with Gasteiger partial charge >= 0.3 is 0 Å². The fraction of sp³-hybridized carbons (Fsp3) is 0.786. The number of aliphatic imine (C=N–C) groups is 1. The van der Waals surface area contributed by atoms with Gasteiger partial charge in [-0.3, -0.25) is 4.99 Å². The lowest BCUT2D eigenvalue weighted by Crippen LogP contribution is -2.47. The maximum absolute atomic E-state index is 5.09. The van der Waals surface area contributed by atoms with Gasteiger partial charge in [-0.15, -0.1) is 0 Å². The quantitative estimate of drug-likeness (QED) is 0.459. The minimum atomic E-state index is 0.336. The molecule has 1 aliphatic rings. The van der Waals surface area contributed by atoms with E-state index < -0.39 is 0 Å². The smallest absolute Gasteiger partial charge is 0.191 e. The molecule has 0 saturated carbocycles. The van der Waals surface area contributed by atoms with Crippen LogP contribution in [0.5, 0.6) is 0 Å². The first kappa shape index (κ1) is 15.8. The van der Waals surface area contributed by atoms with Crippen LogP contribution >= 0.6 is 0 Å². The predicted octanol–water partition coefficient (Wildman–Crippen LogP) is 0.704. The Morgan fingerprint density at radius 2 is 2.38 bits per heavy atom. The summed E-state index contributed by atoms with van der Waals surface area (Å²) < 4.78 is 7.07. The monoisotopic (exact) mass is 294 g/mol. The second-order valence-corrected chi connectivity index (χ2v) is 5.29. The van der Waals surface area contributed by atoms with E-state index in [1.165, 1.54) is 6.42 Å². The number of aryl methyl sites for hydroxylation is 1. The molecule has 21 heavy (non-hydrogen) atoms. The molecule has 0 fully saturated rings. The number of hydrogen-bond acceptors (Lipinski definition) is 4. The Kier molecular flexibility index (Phi) is 5.98. The van der Waals surface area contributed by atoms with E-state index in [2.05, 4.69) is 32.6 Å². The number of nitrogens with zero attached hydrogens (tertiary/aromatic N) is 4. The highest BCUT2D eigenvalue weighted by molar-refractivity contribution is 5.79. The van der Waals surface area contributed by atoms with E-state index >= 15 is 0 Å². The van der Waals surface area contributed by atoms with Crippen molar-refractivity contribution < 1.29 is 4.74 Å². The third kappa shape index (κ3) is 4.42. The first-order chi connectivity index (χ1) is 10.3. The highest BCUT2D eigenvalue weighted by Crippen LogP contribution is 2.13. The van der Waals surface area contributed by atoms with Crippen LogP contribution in [-0.2, 0) is 24.3 Å². The predicted molar refractivity (Wildman–Crippen MR) is 82.2 cm³/mol. The van der Waals surface area contributed by atoms with Crippen LogP contribution in [-0.4, -0.2) is 47.5 Å². The molecule has 1 atom stereocenters. The molecule has 1 aromatic rings. The van der Waals surface area contributed by atoms with Gasteiger partial charge in [-0.05, 0) is 12.8 Å². The van der Waals surface area contributed by atoms with E-state index in [0.29, 0.717) is 12.6 Å². The van der Waals surface area contributed by atoms with E-state index in [1.807, 2.05) is 11.7 Å². The average Bonchev–Trinajstić information content (AvgIpc) is 2.88. The number of guanidine groups is 1. The molecule has 0 bridgehead atoms. The summed E-state index contributed by atoms with van der Waals surface area (Å²) in [5.74, 6) is 2.68. The molecule has 7 nitrogen and oxygen atoms in total. The van der Waals surface area contributed by atoms with Crippen LogP contribution in [0.3, 0.4) is 0 Å². The fourth-order valence-corrected chi connectivity index (χ4v) is 2.44. The van der Waals surface area contributed by atoms with Gasteiger partial charge in [-0.2, -0.15) is 5.10 Å². The van der Waals surface area contributed by atoms with Gasteiger partial charge in [0.2, 0.25) is 0 Å². The number of nitrogens with one attached hydrogen (secondary N) is 2. The van der Waals surface area contributed by atoms with E-state index in [4.69, 9.17) is 4.74 Å². The molecule has 0 spiro atoms. The SMILES string of the molecule is CCCCNC(=NC)NC1CCc2nc(COC)nn2C1. The molecule has 0 radical (unpaired) electrons. The van der Waals surface area contributed by atoms with Crippen LogP contribution in [0.25, 0.3) is 0 Å². The van der Waals surface area contributed by atoms with Crippen LogP contribution in [0.1, 0.15) is 37.8 Å². The van der Waals surface area contributed by atoms with E-state index in [9.17, 15) is 0 Å². The highest BCUT2D eigenvalue weighted by atomic mass is 16.5. The van der Waals surface area contributed by atoms with Gasteiger partial charge in [-0.1, -0.05) is 13.3 Å². The summed E-state index contributed by atoms with van der Waals surface area (Å²) in [6, 6.07) is 0.336. The molecule has 1 unspecified atom stereocenters. The number of hydrogen-bond donors (Lipinski definition) is 2. The van der Waals surface area contributed by atoms with Gasteiger partial charge in [0.05, 0.1) is 6.54 Å². The number of fused-ring (bicyclic) bond motifs is 1. The van der Waals surface area contributed by atoms with Crippen LogP contribution in [0.2, 0.25) is 0 Å². The Morgan fingerprint density at radius 1 is 1.52 bits per heavy atom. The Morgan fingerprint density at radius 3 is 3.10 bits per heavy atom. The molecule has 7 heteroatoms. The van der Waals surface area contributed by atoms with Crippen molar-refractivity contribution in [3.63, 3.8) is 0 Å². The topological polar surface area (TPSA) is 76.4 Å². The van der Waals surface area contributed by atoms with Gasteiger partial charge in [0.1, 0.15) is 12.4 Å². The van der Waals surface area contributed by atoms with Crippen molar-refractivity contribution in [1.82, 2.24) is 25.4 Å². The first-order valence-electron chi connectivity index (χ1n) is 7.65. The molecule has 2 rings (SSSR count). The molecular formula is C14H26N6O. The summed E-state index contributed by atoms with van der Waals surface area (Å²) in [5, 5.41) is 11.3. The second kappa shape index (κ2) is 7.97. The van der Waals surface area contributed by atoms with Gasteiger partial charge in [0.15, 0.2) is 11.8 Å². The molecular weight excluding hydrogens is 268 g/mol. The summed E-state index contributed by atoms with van der Waals surface area (Å²) in [5.41, 5.74) is 0. The molecule has 118 valence electrons. The maximum Gasteiger partial charge on any atom is 0.191 e. The first-order valence-corrected chi connectivity index (χ1v) is 7.65.